The Hall–Kier alpha value is -1.26. The van der Waals surface area contributed by atoms with Gasteiger partial charge in [0.05, 0.1) is 14.2 Å². The molecule has 0 aliphatic rings. The summed E-state index contributed by atoms with van der Waals surface area (Å²) in [5.74, 6) is 1.76. The highest BCUT2D eigenvalue weighted by atomic mass is 16.5. The quantitative estimate of drug-likeness (QED) is 0.704. The lowest BCUT2D eigenvalue weighted by atomic mass is 9.83. The van der Waals surface area contributed by atoms with Crippen molar-refractivity contribution in [2.75, 3.05) is 40.9 Å². The van der Waals surface area contributed by atoms with Crippen LogP contribution in [0.2, 0.25) is 0 Å². The summed E-state index contributed by atoms with van der Waals surface area (Å²) < 4.78 is 10.8. The van der Waals surface area contributed by atoms with Crippen LogP contribution in [0.5, 0.6) is 11.5 Å². The number of hydrogen-bond donors (Lipinski definition) is 2. The summed E-state index contributed by atoms with van der Waals surface area (Å²) in [4.78, 5) is 0. The van der Waals surface area contributed by atoms with Gasteiger partial charge in [0.25, 0.3) is 0 Å². The molecule has 0 bridgehead atoms. The van der Waals surface area contributed by atoms with Gasteiger partial charge in [-0.15, -0.1) is 0 Å². The number of likely N-dealkylation sites (N-methyl/N-ethyl adjacent to an activating group) is 1. The Morgan fingerprint density at radius 2 is 1.84 bits per heavy atom. The topological polar surface area (TPSA) is 42.5 Å². The summed E-state index contributed by atoms with van der Waals surface area (Å²) in [7, 11) is 5.34. The molecule has 19 heavy (non-hydrogen) atoms. The molecule has 0 amide bonds. The zero-order chi connectivity index (χ0) is 14.3. The van der Waals surface area contributed by atoms with Gasteiger partial charge in [-0.1, -0.05) is 13.8 Å². The van der Waals surface area contributed by atoms with Gasteiger partial charge in [0.1, 0.15) is 11.5 Å². The van der Waals surface area contributed by atoms with Crippen molar-refractivity contribution in [2.24, 2.45) is 0 Å². The van der Waals surface area contributed by atoms with Crippen molar-refractivity contribution >= 4 is 0 Å². The normalized spacial score (nSPS) is 11.4. The summed E-state index contributed by atoms with van der Waals surface area (Å²) >= 11 is 0. The second-order valence-electron chi connectivity index (χ2n) is 5.23. The van der Waals surface area contributed by atoms with E-state index in [-0.39, 0.29) is 5.41 Å². The van der Waals surface area contributed by atoms with Crippen LogP contribution in [0, 0.1) is 0 Å². The third kappa shape index (κ3) is 4.40. The van der Waals surface area contributed by atoms with Gasteiger partial charge >= 0.3 is 0 Å². The molecule has 108 valence electrons. The molecule has 0 spiro atoms. The van der Waals surface area contributed by atoms with Gasteiger partial charge in [-0.05, 0) is 25.2 Å². The molecule has 0 saturated carbocycles. The maximum atomic E-state index is 5.46. The fraction of sp³-hybridized carbons (Fsp3) is 0.600. The van der Waals surface area contributed by atoms with Crippen molar-refractivity contribution in [1.82, 2.24) is 10.6 Å². The Balaban J connectivity index is 2.85. The Morgan fingerprint density at radius 1 is 1.11 bits per heavy atom. The first-order chi connectivity index (χ1) is 9.05. The number of nitrogens with one attached hydrogen (secondary N) is 2. The van der Waals surface area contributed by atoms with Crippen LogP contribution in [0.25, 0.3) is 0 Å². The maximum absolute atomic E-state index is 5.46. The molecule has 0 aliphatic carbocycles. The van der Waals surface area contributed by atoms with Crippen molar-refractivity contribution < 1.29 is 9.47 Å². The van der Waals surface area contributed by atoms with E-state index in [0.29, 0.717) is 0 Å². The highest BCUT2D eigenvalue weighted by molar-refractivity contribution is 5.44. The largest absolute Gasteiger partial charge is 0.497 e. The first-order valence-corrected chi connectivity index (χ1v) is 6.63. The second kappa shape index (κ2) is 7.36. The van der Waals surface area contributed by atoms with Gasteiger partial charge in [0.2, 0.25) is 0 Å². The van der Waals surface area contributed by atoms with Gasteiger partial charge in [0, 0.05) is 30.6 Å². The van der Waals surface area contributed by atoms with Gasteiger partial charge in [0.15, 0.2) is 0 Å². The van der Waals surface area contributed by atoms with Crippen LogP contribution in [0.4, 0.5) is 0 Å². The van der Waals surface area contributed by atoms with E-state index in [4.69, 9.17) is 9.47 Å². The monoisotopic (exact) mass is 266 g/mol. The van der Waals surface area contributed by atoms with Gasteiger partial charge in [-0.3, -0.25) is 0 Å². The average molecular weight is 266 g/mol. The Labute approximate surface area is 116 Å². The molecular weight excluding hydrogens is 240 g/mol. The number of hydrogen-bond acceptors (Lipinski definition) is 4. The smallest absolute Gasteiger partial charge is 0.122 e. The zero-order valence-electron chi connectivity index (χ0n) is 12.7. The molecule has 1 aromatic rings. The van der Waals surface area contributed by atoms with E-state index in [1.54, 1.807) is 14.2 Å². The predicted octanol–water partition coefficient (Wildman–Crippen LogP) is 1.79. The Bertz CT molecular complexity index is 392. The highest BCUT2D eigenvalue weighted by Crippen LogP contribution is 2.34. The molecule has 0 unspecified atom stereocenters. The number of rotatable bonds is 8. The number of benzene rings is 1. The first-order valence-electron chi connectivity index (χ1n) is 6.63. The zero-order valence-corrected chi connectivity index (χ0v) is 12.7. The van der Waals surface area contributed by atoms with E-state index >= 15 is 0 Å². The van der Waals surface area contributed by atoms with Crippen molar-refractivity contribution in [3.05, 3.63) is 23.8 Å². The van der Waals surface area contributed by atoms with E-state index in [0.717, 1.165) is 36.7 Å². The highest BCUT2D eigenvalue weighted by Gasteiger charge is 2.24. The van der Waals surface area contributed by atoms with Crippen molar-refractivity contribution in [3.63, 3.8) is 0 Å². The molecule has 1 rings (SSSR count). The minimum absolute atomic E-state index is 0.0202. The lowest BCUT2D eigenvalue weighted by Gasteiger charge is -2.28. The third-order valence-electron chi connectivity index (χ3n) is 3.25. The fourth-order valence-electron chi connectivity index (χ4n) is 2.05. The average Bonchev–Trinajstić information content (AvgIpc) is 2.43. The van der Waals surface area contributed by atoms with Gasteiger partial charge < -0.3 is 20.1 Å². The van der Waals surface area contributed by atoms with E-state index in [2.05, 4.69) is 30.5 Å². The van der Waals surface area contributed by atoms with Crippen LogP contribution in [0.15, 0.2) is 18.2 Å². The fourth-order valence-corrected chi connectivity index (χ4v) is 2.05. The van der Waals surface area contributed by atoms with Crippen LogP contribution in [0.1, 0.15) is 19.4 Å². The van der Waals surface area contributed by atoms with Gasteiger partial charge in [-0.25, -0.2) is 0 Å². The van der Waals surface area contributed by atoms with Crippen molar-refractivity contribution in [3.8, 4) is 11.5 Å². The van der Waals surface area contributed by atoms with Gasteiger partial charge in [-0.2, -0.15) is 0 Å². The van der Waals surface area contributed by atoms with Crippen molar-refractivity contribution in [2.45, 2.75) is 19.3 Å². The molecular formula is C15H26N2O2. The third-order valence-corrected chi connectivity index (χ3v) is 3.25. The molecule has 0 saturated heterocycles. The number of methoxy groups -OCH3 is 2. The molecule has 2 N–H and O–H groups in total. The Morgan fingerprint density at radius 3 is 2.42 bits per heavy atom. The maximum Gasteiger partial charge on any atom is 0.122 e. The molecule has 0 fully saturated rings. The molecule has 0 aliphatic heterocycles. The van der Waals surface area contributed by atoms with Crippen LogP contribution in [0.3, 0.4) is 0 Å². The van der Waals surface area contributed by atoms with E-state index < -0.39 is 0 Å². The SMILES string of the molecule is CNCCNCC(C)(C)c1cc(OC)ccc1OC. The molecule has 0 heterocycles. The minimum Gasteiger partial charge on any atom is -0.497 e. The van der Waals surface area contributed by atoms with E-state index in [1.165, 1.54) is 0 Å². The molecule has 0 radical (unpaired) electrons. The lowest BCUT2D eigenvalue weighted by Crippen LogP contribution is -2.36. The van der Waals surface area contributed by atoms with E-state index in [9.17, 15) is 0 Å². The Kier molecular flexibility index (Phi) is 6.12. The first kappa shape index (κ1) is 15.8. The minimum atomic E-state index is -0.0202. The molecule has 0 atom stereocenters. The second-order valence-corrected chi connectivity index (χ2v) is 5.23. The number of ether oxygens (including phenoxy) is 2. The summed E-state index contributed by atoms with van der Waals surface area (Å²) in [6, 6.07) is 5.94. The van der Waals surface area contributed by atoms with Crippen LogP contribution in [-0.2, 0) is 5.41 Å². The predicted molar refractivity (Wildman–Crippen MR) is 79.4 cm³/mol. The molecule has 1 aromatic carbocycles. The summed E-state index contributed by atoms with van der Waals surface area (Å²) in [6.45, 7) is 7.21. The summed E-state index contributed by atoms with van der Waals surface area (Å²) in [5, 5.41) is 6.58. The standard InChI is InChI=1S/C15H26N2O2/c1-15(2,11-17-9-8-16-3)13-10-12(18-4)6-7-14(13)19-5/h6-7,10,16-17H,8-9,11H2,1-5H3. The van der Waals surface area contributed by atoms with Crippen LogP contribution >= 0.6 is 0 Å². The van der Waals surface area contributed by atoms with Crippen molar-refractivity contribution in [1.29, 1.82) is 0 Å². The molecule has 4 heteroatoms. The summed E-state index contributed by atoms with van der Waals surface area (Å²) in [5.41, 5.74) is 1.14. The lowest BCUT2D eigenvalue weighted by molar-refractivity contribution is 0.377. The molecule has 4 nitrogen and oxygen atoms in total. The molecule has 0 aromatic heterocycles. The van der Waals surface area contributed by atoms with Crippen LogP contribution < -0.4 is 20.1 Å². The van der Waals surface area contributed by atoms with E-state index in [1.807, 2.05) is 19.2 Å². The van der Waals surface area contributed by atoms with Crippen LogP contribution in [-0.4, -0.2) is 40.9 Å². The summed E-state index contributed by atoms with van der Waals surface area (Å²) in [6.07, 6.45) is 0.